The molecule has 2 amide bonds. The van der Waals surface area contributed by atoms with E-state index in [9.17, 15) is 9.59 Å². The summed E-state index contributed by atoms with van der Waals surface area (Å²) in [6.45, 7) is 2.44. The number of carbonyl (C=O) groups is 2. The molecule has 2 fully saturated rings. The van der Waals surface area contributed by atoms with Gasteiger partial charge in [0.2, 0.25) is 5.91 Å². The largest absolute Gasteiger partial charge is 0.344 e. The predicted molar refractivity (Wildman–Crippen MR) is 128 cm³/mol. The quantitative estimate of drug-likeness (QED) is 0.462. The third-order valence-electron chi connectivity index (χ3n) is 6.89. The summed E-state index contributed by atoms with van der Waals surface area (Å²) in [5, 5.41) is 17.3. The van der Waals surface area contributed by atoms with Crippen LogP contribution in [0.15, 0.2) is 30.6 Å². The molecule has 0 bridgehead atoms. The topological polar surface area (TPSA) is 133 Å². The van der Waals surface area contributed by atoms with E-state index in [4.69, 9.17) is 15.3 Å². The molecule has 6 rings (SSSR count). The summed E-state index contributed by atoms with van der Waals surface area (Å²) in [5.41, 5.74) is 4.86. The maximum atomic E-state index is 13.0. The molecule has 1 saturated carbocycles. The molecule has 2 N–H and O–H groups in total. The van der Waals surface area contributed by atoms with Crippen molar-refractivity contribution in [3.63, 3.8) is 0 Å². The first-order chi connectivity index (χ1) is 16.9. The van der Waals surface area contributed by atoms with Crippen molar-refractivity contribution in [3.8, 4) is 17.5 Å². The number of aromatic amines is 1. The molecule has 4 heterocycles. The van der Waals surface area contributed by atoms with Crippen LogP contribution in [0, 0.1) is 17.2 Å². The lowest BCUT2D eigenvalue weighted by Crippen LogP contribution is -2.55. The van der Waals surface area contributed by atoms with Gasteiger partial charge in [-0.25, -0.2) is 9.97 Å². The number of likely N-dealkylation sites (tertiary alicyclic amines) is 1. The fraction of sp³-hybridized carbons (Fsp3) is 0.360. The number of nitriles is 1. The highest BCUT2D eigenvalue weighted by atomic mass is 16.2. The molecule has 35 heavy (non-hydrogen) atoms. The first-order valence-electron chi connectivity index (χ1n) is 11.7. The number of aryl methyl sites for hydroxylation is 1. The molecule has 2 aliphatic rings. The molecule has 1 unspecified atom stereocenters. The molecule has 4 aromatic rings. The Balaban J connectivity index is 1.28. The van der Waals surface area contributed by atoms with Gasteiger partial charge in [-0.2, -0.15) is 10.4 Å². The molecule has 0 radical (unpaired) electrons. The fourth-order valence-corrected chi connectivity index (χ4v) is 4.66. The van der Waals surface area contributed by atoms with Gasteiger partial charge in [0.25, 0.3) is 5.91 Å². The van der Waals surface area contributed by atoms with E-state index >= 15 is 0 Å². The lowest BCUT2D eigenvalue weighted by Gasteiger charge is -2.37. The summed E-state index contributed by atoms with van der Waals surface area (Å²) in [5.74, 6) is -0.104. The maximum absolute atomic E-state index is 13.0. The van der Waals surface area contributed by atoms with Gasteiger partial charge in [0.15, 0.2) is 5.65 Å². The van der Waals surface area contributed by atoms with Crippen LogP contribution < -0.4 is 5.32 Å². The summed E-state index contributed by atoms with van der Waals surface area (Å²) in [6, 6.07) is 7.86. The van der Waals surface area contributed by atoms with Crippen LogP contribution in [-0.2, 0) is 11.8 Å². The normalized spacial score (nSPS) is 16.8. The average Bonchev–Trinajstić information content (AvgIpc) is 3.51. The van der Waals surface area contributed by atoms with E-state index in [2.05, 4.69) is 39.6 Å². The van der Waals surface area contributed by atoms with Crippen LogP contribution in [0.4, 0.5) is 0 Å². The van der Waals surface area contributed by atoms with E-state index in [1.165, 1.54) is 18.4 Å². The fourth-order valence-electron chi connectivity index (χ4n) is 4.66. The zero-order valence-corrected chi connectivity index (χ0v) is 19.4. The number of nitrogens with one attached hydrogen (secondary N) is 2. The van der Waals surface area contributed by atoms with Gasteiger partial charge in [-0.3, -0.25) is 14.3 Å². The summed E-state index contributed by atoms with van der Waals surface area (Å²) in [6.07, 6.45) is 5.67. The predicted octanol–water partition coefficient (Wildman–Crippen LogP) is 2.49. The second-order valence-corrected chi connectivity index (χ2v) is 9.44. The lowest BCUT2D eigenvalue weighted by atomic mass is 10.0. The van der Waals surface area contributed by atoms with E-state index < -0.39 is 11.9 Å². The number of hydrogen-bond donors (Lipinski definition) is 2. The molecule has 1 aliphatic heterocycles. The molecule has 1 aromatic carbocycles. The van der Waals surface area contributed by atoms with Crippen LogP contribution in [0.3, 0.4) is 0 Å². The summed E-state index contributed by atoms with van der Waals surface area (Å²) >= 11 is 0. The van der Waals surface area contributed by atoms with E-state index in [-0.39, 0.29) is 11.8 Å². The summed E-state index contributed by atoms with van der Waals surface area (Å²) in [4.78, 5) is 39.3. The molecule has 3 aromatic heterocycles. The van der Waals surface area contributed by atoms with Crippen molar-refractivity contribution in [2.75, 3.05) is 13.1 Å². The number of carbonyl (C=O) groups excluding carboxylic acids is 2. The van der Waals surface area contributed by atoms with Gasteiger partial charge in [0.1, 0.15) is 22.9 Å². The van der Waals surface area contributed by atoms with Gasteiger partial charge in [-0.1, -0.05) is 12.1 Å². The number of nitrogens with zero attached hydrogens (tertiary/aromatic N) is 6. The molecule has 0 spiro atoms. The lowest BCUT2D eigenvalue weighted by molar-refractivity contribution is -0.137. The third-order valence-corrected chi connectivity index (χ3v) is 6.89. The van der Waals surface area contributed by atoms with Gasteiger partial charge in [0, 0.05) is 31.7 Å². The summed E-state index contributed by atoms with van der Waals surface area (Å²) < 4.78 is 1.85. The standard InChI is InChI=1S/C25H24N8O2/c1-13(25(35)33-11-14(8-26)12-33)29-24(34)18-9-27-23-22(18)30-19(10-28-23)21-17-6-5-16(15-3-4-15)7-20(17)32(2)31-21/h5-7,9-10,13-15H,3-4,11-12H2,1-2H3,(H,27,28)(H,29,34). The smallest absolute Gasteiger partial charge is 0.255 e. The highest BCUT2D eigenvalue weighted by molar-refractivity contribution is 6.06. The van der Waals surface area contributed by atoms with Crippen LogP contribution in [-0.4, -0.2) is 60.6 Å². The second-order valence-electron chi connectivity index (χ2n) is 9.44. The number of amides is 2. The van der Waals surface area contributed by atoms with E-state index in [1.807, 2.05) is 11.7 Å². The molecular formula is C25H24N8O2. The second kappa shape index (κ2) is 7.91. The van der Waals surface area contributed by atoms with Crippen molar-refractivity contribution >= 4 is 33.9 Å². The van der Waals surface area contributed by atoms with Crippen LogP contribution in [0.5, 0.6) is 0 Å². The zero-order valence-electron chi connectivity index (χ0n) is 19.4. The molecule has 10 nitrogen and oxygen atoms in total. The Hall–Kier alpha value is -4.26. The molecule has 10 heteroatoms. The Bertz CT molecular complexity index is 1530. The van der Waals surface area contributed by atoms with Crippen molar-refractivity contribution in [2.45, 2.75) is 31.7 Å². The molecular weight excluding hydrogens is 444 g/mol. The van der Waals surface area contributed by atoms with Gasteiger partial charge in [0.05, 0.1) is 29.3 Å². The Kier molecular flexibility index (Phi) is 4.81. The number of H-pyrrole nitrogens is 1. The monoisotopic (exact) mass is 468 g/mol. The number of fused-ring (bicyclic) bond motifs is 2. The van der Waals surface area contributed by atoms with E-state index in [0.717, 1.165) is 10.9 Å². The van der Waals surface area contributed by atoms with E-state index in [0.29, 0.717) is 47.1 Å². The van der Waals surface area contributed by atoms with Crippen LogP contribution >= 0.6 is 0 Å². The summed E-state index contributed by atoms with van der Waals surface area (Å²) in [7, 11) is 1.92. The minimum atomic E-state index is -0.719. The third kappa shape index (κ3) is 3.60. The van der Waals surface area contributed by atoms with Crippen molar-refractivity contribution in [1.82, 2.24) is 34.9 Å². The number of hydrogen-bond acceptors (Lipinski definition) is 6. The Morgan fingerprint density at radius 2 is 2.09 bits per heavy atom. The van der Waals surface area contributed by atoms with Gasteiger partial charge in [-0.15, -0.1) is 0 Å². The van der Waals surface area contributed by atoms with Crippen molar-refractivity contribution in [3.05, 3.63) is 41.7 Å². The first kappa shape index (κ1) is 21.3. The van der Waals surface area contributed by atoms with Crippen LogP contribution in [0.2, 0.25) is 0 Å². The number of rotatable bonds is 5. The Labute approximate surface area is 201 Å². The van der Waals surface area contributed by atoms with Gasteiger partial charge >= 0.3 is 0 Å². The van der Waals surface area contributed by atoms with Crippen molar-refractivity contribution < 1.29 is 9.59 Å². The zero-order chi connectivity index (χ0) is 24.3. The number of benzene rings is 1. The van der Waals surface area contributed by atoms with Gasteiger partial charge in [-0.05, 0) is 37.3 Å². The SMILES string of the molecule is CC(NC(=O)c1c[nH]c2ncc(-c3nn(C)c4cc(C5CC5)ccc34)nc12)C(=O)N1CC(C#N)C1. The average molecular weight is 469 g/mol. The van der Waals surface area contributed by atoms with Crippen LogP contribution in [0.25, 0.3) is 33.5 Å². The maximum Gasteiger partial charge on any atom is 0.255 e. The first-order valence-corrected chi connectivity index (χ1v) is 11.7. The minimum absolute atomic E-state index is 0.132. The highest BCUT2D eigenvalue weighted by Gasteiger charge is 2.33. The van der Waals surface area contributed by atoms with Crippen LogP contribution in [0.1, 0.15) is 41.6 Å². The van der Waals surface area contributed by atoms with Gasteiger partial charge < -0.3 is 15.2 Å². The number of aromatic nitrogens is 5. The Morgan fingerprint density at radius 3 is 2.83 bits per heavy atom. The van der Waals surface area contributed by atoms with E-state index in [1.54, 1.807) is 24.2 Å². The molecule has 1 saturated heterocycles. The van der Waals surface area contributed by atoms with Crippen molar-refractivity contribution in [2.24, 2.45) is 13.0 Å². The van der Waals surface area contributed by atoms with Crippen molar-refractivity contribution in [1.29, 1.82) is 5.26 Å². The molecule has 1 atom stereocenters. The molecule has 1 aliphatic carbocycles. The molecule has 176 valence electrons. The minimum Gasteiger partial charge on any atom is -0.344 e. The Morgan fingerprint density at radius 1 is 1.29 bits per heavy atom. The highest BCUT2D eigenvalue weighted by Crippen LogP contribution is 2.41.